The molecule has 1 fully saturated rings. The van der Waals surface area contributed by atoms with Crippen molar-refractivity contribution in [1.29, 1.82) is 0 Å². The summed E-state index contributed by atoms with van der Waals surface area (Å²) in [6.07, 6.45) is 5.72. The third-order valence-corrected chi connectivity index (χ3v) is 4.02. The third-order valence-electron chi connectivity index (χ3n) is 2.95. The SMILES string of the molecule is Cc1nc(C)c(CNCCCC2CC2)s1. The van der Waals surface area contributed by atoms with Gasteiger partial charge in [0.05, 0.1) is 10.7 Å². The Bertz CT molecular complexity index is 315. The van der Waals surface area contributed by atoms with Crippen LogP contribution in [0.25, 0.3) is 0 Å². The highest BCUT2D eigenvalue weighted by Gasteiger charge is 2.19. The van der Waals surface area contributed by atoms with Gasteiger partial charge in [0.15, 0.2) is 0 Å². The zero-order valence-corrected chi connectivity index (χ0v) is 10.5. The highest BCUT2D eigenvalue weighted by molar-refractivity contribution is 7.11. The predicted molar refractivity (Wildman–Crippen MR) is 65.3 cm³/mol. The molecule has 1 heterocycles. The lowest BCUT2D eigenvalue weighted by atomic mass is 10.2. The van der Waals surface area contributed by atoms with Crippen molar-refractivity contribution in [2.24, 2.45) is 5.92 Å². The Balaban J connectivity index is 1.62. The molecule has 0 atom stereocenters. The summed E-state index contributed by atoms with van der Waals surface area (Å²) < 4.78 is 0. The van der Waals surface area contributed by atoms with Crippen molar-refractivity contribution < 1.29 is 0 Å². The molecular formula is C12H20N2S. The van der Waals surface area contributed by atoms with Gasteiger partial charge in [-0.2, -0.15) is 0 Å². The Morgan fingerprint density at radius 2 is 2.20 bits per heavy atom. The molecule has 0 unspecified atom stereocenters. The van der Waals surface area contributed by atoms with E-state index in [1.54, 1.807) is 0 Å². The zero-order chi connectivity index (χ0) is 10.7. The van der Waals surface area contributed by atoms with Gasteiger partial charge in [0.2, 0.25) is 0 Å². The largest absolute Gasteiger partial charge is 0.312 e. The summed E-state index contributed by atoms with van der Waals surface area (Å²) in [6.45, 7) is 6.34. The van der Waals surface area contributed by atoms with Gasteiger partial charge in [-0.1, -0.05) is 12.8 Å². The van der Waals surface area contributed by atoms with Crippen molar-refractivity contribution in [2.45, 2.75) is 46.1 Å². The maximum atomic E-state index is 4.43. The molecule has 1 aromatic heterocycles. The Kier molecular flexibility index (Phi) is 3.76. The maximum Gasteiger partial charge on any atom is 0.0900 e. The number of aromatic nitrogens is 1. The maximum absolute atomic E-state index is 4.43. The van der Waals surface area contributed by atoms with Crippen LogP contribution in [0.4, 0.5) is 0 Å². The van der Waals surface area contributed by atoms with E-state index in [2.05, 4.69) is 24.1 Å². The number of nitrogens with zero attached hydrogens (tertiary/aromatic N) is 1. The molecule has 1 aliphatic rings. The van der Waals surface area contributed by atoms with Crippen molar-refractivity contribution in [3.63, 3.8) is 0 Å². The predicted octanol–water partition coefficient (Wildman–Crippen LogP) is 3.04. The van der Waals surface area contributed by atoms with E-state index < -0.39 is 0 Å². The average Bonchev–Trinajstić information content (AvgIpc) is 2.94. The molecule has 0 bridgehead atoms. The minimum Gasteiger partial charge on any atom is -0.312 e. The minimum atomic E-state index is 1.00. The van der Waals surface area contributed by atoms with Crippen LogP contribution in [0, 0.1) is 19.8 Å². The van der Waals surface area contributed by atoms with Gasteiger partial charge in [0.1, 0.15) is 0 Å². The van der Waals surface area contributed by atoms with Gasteiger partial charge in [0.25, 0.3) is 0 Å². The van der Waals surface area contributed by atoms with Gasteiger partial charge in [-0.15, -0.1) is 11.3 Å². The first kappa shape index (κ1) is 11.1. The monoisotopic (exact) mass is 224 g/mol. The van der Waals surface area contributed by atoms with E-state index in [9.17, 15) is 0 Å². The van der Waals surface area contributed by atoms with Crippen molar-refractivity contribution in [3.05, 3.63) is 15.6 Å². The molecule has 3 heteroatoms. The van der Waals surface area contributed by atoms with E-state index in [0.717, 1.165) is 19.0 Å². The van der Waals surface area contributed by atoms with Gasteiger partial charge in [-0.25, -0.2) is 4.98 Å². The van der Waals surface area contributed by atoms with E-state index in [1.807, 2.05) is 11.3 Å². The summed E-state index contributed by atoms with van der Waals surface area (Å²) in [7, 11) is 0. The highest BCUT2D eigenvalue weighted by Crippen LogP contribution is 2.33. The molecule has 0 aromatic carbocycles. The normalized spacial score (nSPS) is 15.9. The summed E-state index contributed by atoms with van der Waals surface area (Å²) >= 11 is 1.82. The second-order valence-corrected chi connectivity index (χ2v) is 5.79. The third kappa shape index (κ3) is 3.58. The van der Waals surface area contributed by atoms with E-state index in [4.69, 9.17) is 0 Å². The second kappa shape index (κ2) is 5.08. The van der Waals surface area contributed by atoms with Gasteiger partial charge in [0, 0.05) is 11.4 Å². The molecule has 1 saturated carbocycles. The number of thiazole rings is 1. The molecule has 0 radical (unpaired) electrons. The Morgan fingerprint density at radius 3 is 2.80 bits per heavy atom. The smallest absolute Gasteiger partial charge is 0.0900 e. The number of hydrogen-bond donors (Lipinski definition) is 1. The van der Waals surface area contributed by atoms with Crippen LogP contribution in [0.2, 0.25) is 0 Å². The molecule has 2 rings (SSSR count). The Hall–Kier alpha value is -0.410. The fourth-order valence-electron chi connectivity index (χ4n) is 1.86. The topological polar surface area (TPSA) is 24.9 Å². The minimum absolute atomic E-state index is 1.00. The second-order valence-electron chi connectivity index (χ2n) is 4.50. The lowest BCUT2D eigenvalue weighted by Crippen LogP contribution is -2.14. The van der Waals surface area contributed by atoms with Crippen molar-refractivity contribution in [3.8, 4) is 0 Å². The first-order valence-electron chi connectivity index (χ1n) is 5.89. The first-order chi connectivity index (χ1) is 7.25. The molecule has 0 amide bonds. The van der Waals surface area contributed by atoms with E-state index in [-0.39, 0.29) is 0 Å². The van der Waals surface area contributed by atoms with Gasteiger partial charge in [-0.05, 0) is 39.2 Å². The zero-order valence-electron chi connectivity index (χ0n) is 9.68. The van der Waals surface area contributed by atoms with Gasteiger partial charge in [-0.3, -0.25) is 0 Å². The molecule has 0 saturated heterocycles. The molecule has 1 aromatic rings. The standard InChI is InChI=1S/C12H20N2S/c1-9-12(15-10(2)14-9)8-13-7-3-4-11-5-6-11/h11,13H,3-8H2,1-2H3. The molecule has 84 valence electrons. The Labute approximate surface area is 96.1 Å². The lowest BCUT2D eigenvalue weighted by molar-refractivity contribution is 0.595. The summed E-state index contributed by atoms with van der Waals surface area (Å²) in [6, 6.07) is 0. The quantitative estimate of drug-likeness (QED) is 0.751. The summed E-state index contributed by atoms with van der Waals surface area (Å²) in [5.41, 5.74) is 1.20. The van der Waals surface area contributed by atoms with Crippen LogP contribution in [0.5, 0.6) is 0 Å². The van der Waals surface area contributed by atoms with Crippen molar-refractivity contribution >= 4 is 11.3 Å². The van der Waals surface area contributed by atoms with E-state index in [0.29, 0.717) is 0 Å². The van der Waals surface area contributed by atoms with Crippen LogP contribution in [0.1, 0.15) is 41.3 Å². The molecule has 0 spiro atoms. The fraction of sp³-hybridized carbons (Fsp3) is 0.750. The molecule has 1 aliphatic carbocycles. The fourth-order valence-corrected chi connectivity index (χ4v) is 2.77. The van der Waals surface area contributed by atoms with Gasteiger partial charge < -0.3 is 5.32 Å². The van der Waals surface area contributed by atoms with E-state index in [1.165, 1.54) is 41.3 Å². The number of rotatable bonds is 6. The van der Waals surface area contributed by atoms with Crippen molar-refractivity contribution in [1.82, 2.24) is 10.3 Å². The van der Waals surface area contributed by atoms with Crippen LogP contribution < -0.4 is 5.32 Å². The molecule has 15 heavy (non-hydrogen) atoms. The van der Waals surface area contributed by atoms with Gasteiger partial charge >= 0.3 is 0 Å². The van der Waals surface area contributed by atoms with Crippen LogP contribution >= 0.6 is 11.3 Å². The number of hydrogen-bond acceptors (Lipinski definition) is 3. The van der Waals surface area contributed by atoms with E-state index >= 15 is 0 Å². The Morgan fingerprint density at radius 1 is 1.40 bits per heavy atom. The molecule has 2 nitrogen and oxygen atoms in total. The molecule has 0 aliphatic heterocycles. The molecular weight excluding hydrogens is 204 g/mol. The highest BCUT2D eigenvalue weighted by atomic mass is 32.1. The summed E-state index contributed by atoms with van der Waals surface area (Å²) in [5.74, 6) is 1.07. The number of nitrogens with one attached hydrogen (secondary N) is 1. The van der Waals surface area contributed by atoms with Crippen LogP contribution in [-0.4, -0.2) is 11.5 Å². The summed E-state index contributed by atoms with van der Waals surface area (Å²) in [4.78, 5) is 5.83. The van der Waals surface area contributed by atoms with Crippen LogP contribution in [0.15, 0.2) is 0 Å². The van der Waals surface area contributed by atoms with Crippen molar-refractivity contribution in [2.75, 3.05) is 6.54 Å². The summed E-state index contributed by atoms with van der Waals surface area (Å²) in [5, 5.41) is 4.69. The number of aryl methyl sites for hydroxylation is 2. The lowest BCUT2D eigenvalue weighted by Gasteiger charge is -2.02. The first-order valence-corrected chi connectivity index (χ1v) is 6.71. The van der Waals surface area contributed by atoms with Crippen LogP contribution in [-0.2, 0) is 6.54 Å². The molecule has 1 N–H and O–H groups in total. The van der Waals surface area contributed by atoms with Crippen LogP contribution in [0.3, 0.4) is 0 Å². The average molecular weight is 224 g/mol.